The number of carbonyl (C=O) groups excluding carboxylic acids is 1. The zero-order chi connectivity index (χ0) is 15.3. The molecular weight excluding hydrogens is 264 g/mol. The SMILES string of the molecule is CCN(C(=O)C1(N)C2CCOC2C1(C)C)c1ccccc1. The third kappa shape index (κ3) is 1.79. The molecule has 2 aliphatic rings. The topological polar surface area (TPSA) is 55.6 Å². The molecule has 1 aromatic carbocycles. The summed E-state index contributed by atoms with van der Waals surface area (Å²) in [7, 11) is 0. The van der Waals surface area contributed by atoms with Crippen LogP contribution in [0.2, 0.25) is 0 Å². The largest absolute Gasteiger partial charge is 0.377 e. The van der Waals surface area contributed by atoms with Crippen molar-refractivity contribution in [2.45, 2.75) is 38.8 Å². The van der Waals surface area contributed by atoms with Crippen molar-refractivity contribution in [3.8, 4) is 0 Å². The van der Waals surface area contributed by atoms with Gasteiger partial charge in [-0.05, 0) is 25.5 Å². The molecule has 1 aliphatic heterocycles. The van der Waals surface area contributed by atoms with Gasteiger partial charge in [-0.2, -0.15) is 0 Å². The molecular formula is C17H24N2O2. The van der Waals surface area contributed by atoms with Gasteiger partial charge in [0, 0.05) is 30.2 Å². The number of anilines is 1. The molecule has 3 rings (SSSR count). The van der Waals surface area contributed by atoms with E-state index in [-0.39, 0.29) is 23.3 Å². The summed E-state index contributed by atoms with van der Waals surface area (Å²) < 4.78 is 5.78. The van der Waals surface area contributed by atoms with Gasteiger partial charge in [-0.1, -0.05) is 32.0 Å². The van der Waals surface area contributed by atoms with E-state index in [0.29, 0.717) is 13.2 Å². The van der Waals surface area contributed by atoms with Crippen LogP contribution in [0.3, 0.4) is 0 Å². The van der Waals surface area contributed by atoms with Crippen LogP contribution < -0.4 is 10.6 Å². The van der Waals surface area contributed by atoms with Crippen LogP contribution >= 0.6 is 0 Å². The number of hydrogen-bond acceptors (Lipinski definition) is 3. The van der Waals surface area contributed by atoms with Gasteiger partial charge in [0.15, 0.2) is 0 Å². The number of likely N-dealkylation sites (N-methyl/N-ethyl adjacent to an activating group) is 1. The second-order valence-corrected chi connectivity index (χ2v) is 6.66. The molecule has 0 spiro atoms. The van der Waals surface area contributed by atoms with Crippen LogP contribution in [0.25, 0.3) is 0 Å². The Hall–Kier alpha value is -1.39. The maximum Gasteiger partial charge on any atom is 0.248 e. The lowest BCUT2D eigenvalue weighted by molar-refractivity contribution is -0.173. The van der Waals surface area contributed by atoms with Crippen molar-refractivity contribution in [2.24, 2.45) is 17.1 Å². The number of benzene rings is 1. The van der Waals surface area contributed by atoms with Gasteiger partial charge < -0.3 is 15.4 Å². The Bertz CT molecular complexity index is 543. The third-order valence-electron chi connectivity index (χ3n) is 5.44. The molecule has 1 amide bonds. The fourth-order valence-electron chi connectivity index (χ4n) is 4.09. The van der Waals surface area contributed by atoms with E-state index in [1.807, 2.05) is 37.3 Å². The van der Waals surface area contributed by atoms with Gasteiger partial charge in [-0.3, -0.25) is 4.79 Å². The predicted octanol–water partition coefficient (Wildman–Crippen LogP) is 2.18. The van der Waals surface area contributed by atoms with Gasteiger partial charge in [0.2, 0.25) is 5.91 Å². The van der Waals surface area contributed by atoms with Crippen molar-refractivity contribution in [1.82, 2.24) is 0 Å². The fourth-order valence-corrected chi connectivity index (χ4v) is 4.09. The summed E-state index contributed by atoms with van der Waals surface area (Å²) in [4.78, 5) is 15.0. The average molecular weight is 288 g/mol. The molecule has 1 saturated heterocycles. The monoisotopic (exact) mass is 288 g/mol. The summed E-state index contributed by atoms with van der Waals surface area (Å²) in [5, 5.41) is 0. The van der Waals surface area contributed by atoms with Crippen LogP contribution in [0.1, 0.15) is 27.2 Å². The minimum atomic E-state index is -0.833. The first-order valence-electron chi connectivity index (χ1n) is 7.72. The van der Waals surface area contributed by atoms with E-state index in [1.54, 1.807) is 4.90 Å². The summed E-state index contributed by atoms with van der Waals surface area (Å²) >= 11 is 0. The number of hydrogen-bond donors (Lipinski definition) is 1. The van der Waals surface area contributed by atoms with Crippen LogP contribution in [0.15, 0.2) is 30.3 Å². The van der Waals surface area contributed by atoms with Crippen molar-refractivity contribution in [3.63, 3.8) is 0 Å². The molecule has 2 N–H and O–H groups in total. The number of ether oxygens (including phenoxy) is 1. The molecule has 4 nitrogen and oxygen atoms in total. The second kappa shape index (κ2) is 4.82. The van der Waals surface area contributed by atoms with Crippen molar-refractivity contribution < 1.29 is 9.53 Å². The smallest absolute Gasteiger partial charge is 0.248 e. The van der Waals surface area contributed by atoms with Gasteiger partial charge in [0.1, 0.15) is 5.54 Å². The van der Waals surface area contributed by atoms with E-state index in [9.17, 15) is 4.79 Å². The highest BCUT2D eigenvalue weighted by Crippen LogP contribution is 2.58. The first-order chi connectivity index (χ1) is 9.94. The fraction of sp³-hybridized carbons (Fsp3) is 0.588. The summed E-state index contributed by atoms with van der Waals surface area (Å²) in [5.41, 5.74) is 6.40. The molecule has 1 heterocycles. The molecule has 1 saturated carbocycles. The van der Waals surface area contributed by atoms with Crippen molar-refractivity contribution >= 4 is 11.6 Å². The molecule has 114 valence electrons. The number of carbonyl (C=O) groups is 1. The maximum absolute atomic E-state index is 13.2. The van der Waals surface area contributed by atoms with Crippen molar-refractivity contribution in [2.75, 3.05) is 18.1 Å². The molecule has 1 aromatic rings. The Kier molecular flexibility index (Phi) is 3.34. The van der Waals surface area contributed by atoms with Crippen LogP contribution in [0, 0.1) is 11.3 Å². The number of para-hydroxylation sites is 1. The molecule has 2 fully saturated rings. The molecule has 4 heteroatoms. The van der Waals surface area contributed by atoms with Gasteiger partial charge >= 0.3 is 0 Å². The summed E-state index contributed by atoms with van der Waals surface area (Å²) in [5.74, 6) is 0.158. The second-order valence-electron chi connectivity index (χ2n) is 6.66. The average Bonchev–Trinajstić information content (AvgIpc) is 2.96. The first-order valence-corrected chi connectivity index (χ1v) is 7.72. The normalized spacial score (nSPS) is 33.1. The molecule has 0 aromatic heterocycles. The molecule has 3 unspecified atom stereocenters. The van der Waals surface area contributed by atoms with Gasteiger partial charge in [0.05, 0.1) is 6.10 Å². The van der Waals surface area contributed by atoms with Crippen LogP contribution in [-0.2, 0) is 9.53 Å². The molecule has 1 aliphatic carbocycles. The molecule has 21 heavy (non-hydrogen) atoms. The van der Waals surface area contributed by atoms with E-state index in [2.05, 4.69) is 13.8 Å². The van der Waals surface area contributed by atoms with E-state index >= 15 is 0 Å². The third-order valence-corrected chi connectivity index (χ3v) is 5.44. The van der Waals surface area contributed by atoms with E-state index in [4.69, 9.17) is 10.5 Å². The molecule has 3 atom stereocenters. The lowest BCUT2D eigenvalue weighted by Gasteiger charge is -2.61. The standard InChI is InChI=1S/C17H24N2O2/c1-4-19(12-8-6-5-7-9-12)15(20)17(18)13-10-11-21-14(13)16(17,2)3/h5-9,13-14H,4,10-11,18H2,1-3H3. The summed E-state index contributed by atoms with van der Waals surface area (Å²) in [6.45, 7) is 7.42. The van der Waals surface area contributed by atoms with E-state index in [0.717, 1.165) is 12.1 Å². The molecule has 0 radical (unpaired) electrons. The van der Waals surface area contributed by atoms with Crippen LogP contribution in [-0.4, -0.2) is 30.7 Å². The van der Waals surface area contributed by atoms with E-state index < -0.39 is 5.54 Å². The Labute approximate surface area is 126 Å². The van der Waals surface area contributed by atoms with Crippen LogP contribution in [0.5, 0.6) is 0 Å². The van der Waals surface area contributed by atoms with Gasteiger partial charge in [-0.15, -0.1) is 0 Å². The lowest BCUT2D eigenvalue weighted by Crippen LogP contribution is -2.80. The maximum atomic E-state index is 13.2. The first kappa shape index (κ1) is 14.5. The Morgan fingerprint density at radius 3 is 2.67 bits per heavy atom. The summed E-state index contributed by atoms with van der Waals surface area (Å²) in [6, 6.07) is 9.76. The van der Waals surface area contributed by atoms with Crippen molar-refractivity contribution in [1.29, 1.82) is 0 Å². The zero-order valence-electron chi connectivity index (χ0n) is 13.0. The Balaban J connectivity index is 1.93. The summed E-state index contributed by atoms with van der Waals surface area (Å²) in [6.07, 6.45) is 0.990. The minimum Gasteiger partial charge on any atom is -0.377 e. The van der Waals surface area contributed by atoms with Gasteiger partial charge in [-0.25, -0.2) is 0 Å². The number of fused-ring (bicyclic) bond motifs is 1. The Morgan fingerprint density at radius 2 is 2.05 bits per heavy atom. The zero-order valence-corrected chi connectivity index (χ0v) is 13.0. The number of rotatable bonds is 3. The van der Waals surface area contributed by atoms with Crippen molar-refractivity contribution in [3.05, 3.63) is 30.3 Å². The number of amides is 1. The lowest BCUT2D eigenvalue weighted by atomic mass is 9.47. The number of nitrogens with zero attached hydrogens (tertiary/aromatic N) is 1. The Morgan fingerprint density at radius 1 is 1.38 bits per heavy atom. The highest BCUT2D eigenvalue weighted by atomic mass is 16.5. The predicted molar refractivity (Wildman–Crippen MR) is 83.0 cm³/mol. The minimum absolute atomic E-state index is 0.0213. The van der Waals surface area contributed by atoms with E-state index in [1.165, 1.54) is 0 Å². The molecule has 0 bridgehead atoms. The van der Waals surface area contributed by atoms with Gasteiger partial charge in [0.25, 0.3) is 0 Å². The van der Waals surface area contributed by atoms with Crippen LogP contribution in [0.4, 0.5) is 5.69 Å². The number of nitrogens with two attached hydrogens (primary N) is 1. The highest BCUT2D eigenvalue weighted by Gasteiger charge is 2.71. The highest BCUT2D eigenvalue weighted by molar-refractivity contribution is 6.02. The quantitative estimate of drug-likeness (QED) is 0.927.